The molecule has 9 heteroatoms. The van der Waals surface area contributed by atoms with Gasteiger partial charge in [-0.25, -0.2) is 19.3 Å². The zero-order valence-corrected chi connectivity index (χ0v) is 15.8. The van der Waals surface area contributed by atoms with Crippen molar-refractivity contribution in [1.82, 2.24) is 24.7 Å². The summed E-state index contributed by atoms with van der Waals surface area (Å²) >= 11 is 0. The highest BCUT2D eigenvalue weighted by atomic mass is 19.1. The van der Waals surface area contributed by atoms with E-state index >= 15 is 0 Å². The van der Waals surface area contributed by atoms with Gasteiger partial charge in [0.25, 0.3) is 5.91 Å². The molecule has 4 heterocycles. The van der Waals surface area contributed by atoms with E-state index < -0.39 is 11.7 Å². The summed E-state index contributed by atoms with van der Waals surface area (Å²) in [4.78, 5) is 27.4. The first-order chi connectivity index (χ1) is 13.5. The largest absolute Gasteiger partial charge is 0.353 e. The van der Waals surface area contributed by atoms with Crippen LogP contribution in [0.25, 0.3) is 5.65 Å². The van der Waals surface area contributed by atoms with Crippen LogP contribution in [0.1, 0.15) is 29.5 Å². The molecular weight excluding hydrogens is 361 g/mol. The molecule has 0 aromatic carbocycles. The molecule has 1 amide bonds. The molecule has 28 heavy (non-hydrogen) atoms. The number of aryl methyl sites for hydroxylation is 1. The fourth-order valence-corrected chi connectivity index (χ4v) is 3.35. The molecule has 1 aliphatic heterocycles. The SMILES string of the molecule is CCC1CN(c2cnc(C(=O)Nc3cc(F)c4nc(C)cn4c3)cn2)CCN1. The van der Waals surface area contributed by atoms with Gasteiger partial charge in [-0.3, -0.25) is 4.79 Å². The minimum absolute atomic E-state index is 0.174. The number of anilines is 2. The standard InChI is InChI=1S/C19H22FN7O/c1-3-13-10-26(5-4-21-13)17-8-22-16(7-23-17)19(28)25-14-6-15(20)18-24-12(2)9-27(18)11-14/h6-9,11,13,21H,3-5,10H2,1-2H3,(H,25,28). The minimum atomic E-state index is -0.503. The lowest BCUT2D eigenvalue weighted by Gasteiger charge is -2.33. The maximum absolute atomic E-state index is 14.2. The Bertz CT molecular complexity index is 1000. The molecule has 1 atom stereocenters. The van der Waals surface area contributed by atoms with E-state index in [-0.39, 0.29) is 11.3 Å². The van der Waals surface area contributed by atoms with Crippen molar-refractivity contribution in [3.8, 4) is 0 Å². The summed E-state index contributed by atoms with van der Waals surface area (Å²) in [6.07, 6.45) is 7.41. The number of carbonyl (C=O) groups excluding carboxylic acids is 1. The van der Waals surface area contributed by atoms with Gasteiger partial charge in [-0.15, -0.1) is 0 Å². The van der Waals surface area contributed by atoms with Crippen molar-refractivity contribution < 1.29 is 9.18 Å². The van der Waals surface area contributed by atoms with Crippen LogP contribution >= 0.6 is 0 Å². The first kappa shape index (κ1) is 18.3. The summed E-state index contributed by atoms with van der Waals surface area (Å²) in [5, 5.41) is 6.12. The summed E-state index contributed by atoms with van der Waals surface area (Å²) in [6.45, 7) is 6.53. The Morgan fingerprint density at radius 1 is 1.36 bits per heavy atom. The summed E-state index contributed by atoms with van der Waals surface area (Å²) in [5.41, 5.74) is 1.42. The zero-order valence-electron chi connectivity index (χ0n) is 15.8. The van der Waals surface area contributed by atoms with Gasteiger partial charge in [0, 0.05) is 44.1 Å². The highest BCUT2D eigenvalue weighted by molar-refractivity contribution is 6.02. The van der Waals surface area contributed by atoms with E-state index in [1.165, 1.54) is 12.3 Å². The van der Waals surface area contributed by atoms with E-state index in [0.717, 1.165) is 31.9 Å². The Balaban J connectivity index is 1.48. The lowest BCUT2D eigenvalue weighted by molar-refractivity contribution is 0.102. The smallest absolute Gasteiger partial charge is 0.275 e. The van der Waals surface area contributed by atoms with E-state index in [1.54, 1.807) is 29.9 Å². The molecule has 1 aliphatic rings. The molecule has 4 rings (SSSR count). The van der Waals surface area contributed by atoms with Gasteiger partial charge < -0.3 is 19.9 Å². The van der Waals surface area contributed by atoms with Crippen molar-refractivity contribution >= 4 is 23.1 Å². The second-order valence-electron chi connectivity index (χ2n) is 6.91. The van der Waals surface area contributed by atoms with Crippen molar-refractivity contribution in [1.29, 1.82) is 0 Å². The molecule has 0 saturated carbocycles. The fourth-order valence-electron chi connectivity index (χ4n) is 3.35. The molecule has 0 bridgehead atoms. The number of imidazole rings is 1. The number of nitrogens with one attached hydrogen (secondary N) is 2. The molecule has 1 saturated heterocycles. The quantitative estimate of drug-likeness (QED) is 0.717. The highest BCUT2D eigenvalue weighted by Gasteiger charge is 2.20. The molecule has 1 fully saturated rings. The number of rotatable bonds is 4. The third kappa shape index (κ3) is 3.65. The van der Waals surface area contributed by atoms with E-state index in [4.69, 9.17) is 0 Å². The Morgan fingerprint density at radius 2 is 2.21 bits per heavy atom. The summed E-state index contributed by atoms with van der Waals surface area (Å²) in [6, 6.07) is 1.67. The van der Waals surface area contributed by atoms with Crippen LogP contribution in [0, 0.1) is 12.7 Å². The lowest BCUT2D eigenvalue weighted by Crippen LogP contribution is -2.50. The van der Waals surface area contributed by atoms with Crippen LogP contribution in [0.2, 0.25) is 0 Å². The average Bonchev–Trinajstić information content (AvgIpc) is 3.09. The van der Waals surface area contributed by atoms with Crippen LogP contribution in [0.3, 0.4) is 0 Å². The van der Waals surface area contributed by atoms with Crippen LogP contribution in [0.15, 0.2) is 30.9 Å². The molecule has 0 spiro atoms. The summed E-state index contributed by atoms with van der Waals surface area (Å²) < 4.78 is 15.7. The first-order valence-electron chi connectivity index (χ1n) is 9.30. The van der Waals surface area contributed by atoms with Gasteiger partial charge in [0.15, 0.2) is 11.5 Å². The zero-order chi connectivity index (χ0) is 19.7. The normalized spacial score (nSPS) is 17.1. The maximum atomic E-state index is 14.2. The molecule has 2 N–H and O–H groups in total. The van der Waals surface area contributed by atoms with Gasteiger partial charge >= 0.3 is 0 Å². The monoisotopic (exact) mass is 383 g/mol. The number of nitrogens with zero attached hydrogens (tertiary/aromatic N) is 5. The predicted molar refractivity (Wildman–Crippen MR) is 104 cm³/mol. The third-order valence-electron chi connectivity index (χ3n) is 4.83. The van der Waals surface area contributed by atoms with E-state index in [9.17, 15) is 9.18 Å². The number of carbonyl (C=O) groups is 1. The van der Waals surface area contributed by atoms with Crippen molar-refractivity contribution in [2.45, 2.75) is 26.3 Å². The van der Waals surface area contributed by atoms with E-state index in [2.05, 4.69) is 37.4 Å². The highest BCUT2D eigenvalue weighted by Crippen LogP contribution is 2.17. The second kappa shape index (κ2) is 7.51. The van der Waals surface area contributed by atoms with Gasteiger partial charge in [0.1, 0.15) is 11.5 Å². The number of halogens is 1. The molecule has 3 aromatic rings. The molecule has 3 aromatic heterocycles. The number of fused-ring (bicyclic) bond motifs is 1. The fraction of sp³-hybridized carbons (Fsp3) is 0.368. The van der Waals surface area contributed by atoms with Crippen molar-refractivity contribution in [3.63, 3.8) is 0 Å². The predicted octanol–water partition coefficient (Wildman–Crippen LogP) is 2.01. The number of hydrogen-bond acceptors (Lipinski definition) is 6. The Hall–Kier alpha value is -3.07. The van der Waals surface area contributed by atoms with Gasteiger partial charge in [0.2, 0.25) is 0 Å². The number of pyridine rings is 1. The van der Waals surface area contributed by atoms with Crippen molar-refractivity contribution in [2.75, 3.05) is 29.9 Å². The van der Waals surface area contributed by atoms with Crippen molar-refractivity contribution in [3.05, 3.63) is 48.1 Å². The number of piperazine rings is 1. The Labute approximate surface area is 161 Å². The topological polar surface area (TPSA) is 87.5 Å². The molecular formula is C19H22FN7O. The van der Waals surface area contributed by atoms with Gasteiger partial charge in [-0.1, -0.05) is 6.92 Å². The Morgan fingerprint density at radius 3 is 2.96 bits per heavy atom. The van der Waals surface area contributed by atoms with E-state index in [1.807, 2.05) is 0 Å². The van der Waals surface area contributed by atoms with E-state index in [0.29, 0.717) is 17.4 Å². The van der Waals surface area contributed by atoms with Gasteiger partial charge in [0.05, 0.1) is 23.8 Å². The molecule has 8 nitrogen and oxygen atoms in total. The van der Waals surface area contributed by atoms with Crippen molar-refractivity contribution in [2.24, 2.45) is 0 Å². The summed E-state index contributed by atoms with van der Waals surface area (Å²) in [5.74, 6) is -0.198. The maximum Gasteiger partial charge on any atom is 0.275 e. The second-order valence-corrected chi connectivity index (χ2v) is 6.91. The van der Waals surface area contributed by atoms with Crippen LogP contribution in [-0.2, 0) is 0 Å². The van der Waals surface area contributed by atoms with Gasteiger partial charge in [-0.05, 0) is 13.3 Å². The lowest BCUT2D eigenvalue weighted by atomic mass is 10.1. The Kier molecular flexibility index (Phi) is 4.91. The number of amides is 1. The third-order valence-corrected chi connectivity index (χ3v) is 4.83. The van der Waals surface area contributed by atoms with Crippen LogP contribution in [-0.4, -0.2) is 50.9 Å². The van der Waals surface area contributed by atoms with Crippen LogP contribution < -0.4 is 15.5 Å². The average molecular weight is 383 g/mol. The molecule has 1 unspecified atom stereocenters. The van der Waals surface area contributed by atoms with Gasteiger partial charge in [-0.2, -0.15) is 0 Å². The minimum Gasteiger partial charge on any atom is -0.353 e. The molecule has 0 radical (unpaired) electrons. The number of hydrogen-bond donors (Lipinski definition) is 2. The van der Waals surface area contributed by atoms with Crippen LogP contribution in [0.4, 0.5) is 15.9 Å². The molecule has 146 valence electrons. The molecule has 0 aliphatic carbocycles. The first-order valence-corrected chi connectivity index (χ1v) is 9.30. The number of aromatic nitrogens is 4. The summed E-state index contributed by atoms with van der Waals surface area (Å²) in [7, 11) is 0. The van der Waals surface area contributed by atoms with Crippen LogP contribution in [0.5, 0.6) is 0 Å².